The second-order valence-corrected chi connectivity index (χ2v) is 7.52. The number of nitrogens with zero attached hydrogens (tertiary/aromatic N) is 3. The van der Waals surface area contributed by atoms with Gasteiger partial charge in [0, 0.05) is 23.5 Å². The molecule has 2 heterocycles. The molecule has 1 N–H and O–H groups in total. The highest BCUT2D eigenvalue weighted by Gasteiger charge is 2.17. The number of anilines is 1. The van der Waals surface area contributed by atoms with Gasteiger partial charge in [-0.05, 0) is 42.8 Å². The van der Waals surface area contributed by atoms with Crippen LogP contribution in [0.3, 0.4) is 0 Å². The highest BCUT2D eigenvalue weighted by Crippen LogP contribution is 2.26. The van der Waals surface area contributed by atoms with Crippen molar-refractivity contribution >= 4 is 15.7 Å². The number of rotatable bonds is 5. The van der Waals surface area contributed by atoms with Crippen molar-refractivity contribution in [3.63, 3.8) is 0 Å². The number of hydrogen-bond donors (Lipinski definition) is 1. The van der Waals surface area contributed by atoms with E-state index < -0.39 is 15.8 Å². The van der Waals surface area contributed by atoms with Crippen LogP contribution in [-0.4, -0.2) is 25.5 Å². The number of benzene rings is 1. The van der Waals surface area contributed by atoms with Crippen molar-refractivity contribution in [3.05, 3.63) is 65.7 Å². The van der Waals surface area contributed by atoms with Crippen LogP contribution in [0, 0.1) is 24.1 Å². The van der Waals surface area contributed by atoms with Crippen molar-refractivity contribution in [1.29, 1.82) is 5.26 Å². The van der Waals surface area contributed by atoms with Crippen LogP contribution in [0.15, 0.2) is 53.8 Å². The van der Waals surface area contributed by atoms with Gasteiger partial charge in [-0.3, -0.25) is 9.71 Å². The average Bonchev–Trinajstić information content (AvgIpc) is 2.67. The van der Waals surface area contributed by atoms with Gasteiger partial charge in [-0.2, -0.15) is 13.7 Å². The van der Waals surface area contributed by atoms with Crippen LogP contribution in [0.5, 0.6) is 5.75 Å². The predicted molar refractivity (Wildman–Crippen MR) is 101 cm³/mol. The van der Waals surface area contributed by atoms with Crippen LogP contribution in [0.2, 0.25) is 0 Å². The molecule has 0 saturated carbocycles. The maximum Gasteiger partial charge on any atom is 0.279 e. The maximum atomic E-state index is 13.9. The zero-order valence-electron chi connectivity index (χ0n) is 15.0. The number of nitrogens with one attached hydrogen (secondary N) is 1. The third-order valence-corrected chi connectivity index (χ3v) is 5.12. The molecule has 0 aliphatic heterocycles. The van der Waals surface area contributed by atoms with Crippen molar-refractivity contribution in [3.8, 4) is 23.1 Å². The number of ether oxygens (including phenoxy) is 1. The summed E-state index contributed by atoms with van der Waals surface area (Å²) in [4.78, 5) is 7.95. The second kappa shape index (κ2) is 7.62. The third kappa shape index (κ3) is 4.07. The molecule has 0 radical (unpaired) electrons. The number of aryl methyl sites for hydroxylation is 1. The number of aromatic nitrogens is 2. The maximum absolute atomic E-state index is 13.9. The molecule has 0 bridgehead atoms. The Balaban J connectivity index is 1.95. The van der Waals surface area contributed by atoms with E-state index in [4.69, 9.17) is 10.00 Å². The second-order valence-electron chi connectivity index (χ2n) is 5.89. The first-order valence-corrected chi connectivity index (χ1v) is 9.51. The van der Waals surface area contributed by atoms with Crippen molar-refractivity contribution in [2.45, 2.75) is 11.9 Å². The molecule has 1 aromatic carbocycles. The zero-order valence-corrected chi connectivity index (χ0v) is 15.8. The van der Waals surface area contributed by atoms with E-state index >= 15 is 0 Å². The lowest BCUT2D eigenvalue weighted by atomic mass is 10.1. The van der Waals surface area contributed by atoms with Crippen molar-refractivity contribution < 1.29 is 17.5 Å². The Labute approximate surface area is 161 Å². The molecule has 0 saturated heterocycles. The largest absolute Gasteiger partial charge is 0.495 e. The van der Waals surface area contributed by atoms with Gasteiger partial charge in [0.05, 0.1) is 19.0 Å². The predicted octanol–water partition coefficient (Wildman–Crippen LogP) is 3.27. The first kappa shape index (κ1) is 19.3. The number of pyridine rings is 2. The molecule has 28 heavy (non-hydrogen) atoms. The van der Waals surface area contributed by atoms with Crippen LogP contribution in [0.25, 0.3) is 11.3 Å². The Hall–Kier alpha value is -3.51. The van der Waals surface area contributed by atoms with Crippen LogP contribution in [0.1, 0.15) is 11.1 Å². The number of methoxy groups -OCH3 is 1. The summed E-state index contributed by atoms with van der Waals surface area (Å²) in [5, 5.41) is 8.65. The minimum absolute atomic E-state index is 0.164. The lowest BCUT2D eigenvalue weighted by Crippen LogP contribution is -2.14. The van der Waals surface area contributed by atoms with E-state index in [1.54, 1.807) is 25.1 Å². The first-order valence-electron chi connectivity index (χ1n) is 8.03. The molecule has 0 spiro atoms. The SMILES string of the molecule is COc1ccc(S(=O)(=O)Nc2cc(C)cc(-c3cc(F)c(C#N)cn3)c2)nc1. The molecule has 0 aliphatic rings. The molecule has 7 nitrogen and oxygen atoms in total. The lowest BCUT2D eigenvalue weighted by molar-refractivity contribution is 0.412. The van der Waals surface area contributed by atoms with Crippen molar-refractivity contribution in [2.24, 2.45) is 0 Å². The smallest absolute Gasteiger partial charge is 0.279 e. The highest BCUT2D eigenvalue weighted by molar-refractivity contribution is 7.92. The van der Waals surface area contributed by atoms with Gasteiger partial charge in [0.15, 0.2) is 5.03 Å². The Kier molecular flexibility index (Phi) is 5.24. The van der Waals surface area contributed by atoms with Crippen LogP contribution < -0.4 is 9.46 Å². The Bertz CT molecular complexity index is 1170. The standard InChI is InChI=1S/C19H15FN4O3S/c1-12-5-13(18-8-17(20)14(9-21)10-22-18)7-15(6-12)24-28(25,26)19-4-3-16(27-2)11-23-19/h3-8,10-11,24H,1-2H3. The molecule has 3 aromatic rings. The molecule has 0 aliphatic carbocycles. The summed E-state index contributed by atoms with van der Waals surface area (Å²) in [7, 11) is -2.47. The summed E-state index contributed by atoms with van der Waals surface area (Å²) in [6.07, 6.45) is 2.44. The molecule has 0 amide bonds. The fraction of sp³-hybridized carbons (Fsp3) is 0.105. The van der Waals surface area contributed by atoms with E-state index in [1.165, 1.54) is 31.5 Å². The van der Waals surface area contributed by atoms with Gasteiger partial charge in [0.2, 0.25) is 0 Å². The van der Waals surface area contributed by atoms with E-state index in [2.05, 4.69) is 14.7 Å². The number of nitriles is 1. The number of sulfonamides is 1. The molecule has 0 unspecified atom stereocenters. The third-order valence-electron chi connectivity index (χ3n) is 3.82. The minimum atomic E-state index is -3.93. The summed E-state index contributed by atoms with van der Waals surface area (Å²) < 4.78 is 46.5. The van der Waals surface area contributed by atoms with Gasteiger partial charge in [0.25, 0.3) is 10.0 Å². The van der Waals surface area contributed by atoms with Gasteiger partial charge < -0.3 is 4.74 Å². The normalized spacial score (nSPS) is 10.9. The molecule has 142 valence electrons. The van der Waals surface area contributed by atoms with Gasteiger partial charge in [-0.1, -0.05) is 0 Å². The van der Waals surface area contributed by atoms with Gasteiger partial charge >= 0.3 is 0 Å². The van der Waals surface area contributed by atoms with E-state index in [9.17, 15) is 12.8 Å². The van der Waals surface area contributed by atoms with E-state index in [-0.39, 0.29) is 22.0 Å². The van der Waals surface area contributed by atoms with Crippen LogP contribution in [0.4, 0.5) is 10.1 Å². The van der Waals surface area contributed by atoms with E-state index in [1.807, 2.05) is 0 Å². The molecular formula is C19H15FN4O3S. The van der Waals surface area contributed by atoms with E-state index in [0.717, 1.165) is 17.8 Å². The van der Waals surface area contributed by atoms with Crippen LogP contribution >= 0.6 is 0 Å². The van der Waals surface area contributed by atoms with Crippen LogP contribution in [-0.2, 0) is 10.0 Å². The Morgan fingerprint density at radius 3 is 2.54 bits per heavy atom. The molecule has 0 fully saturated rings. The van der Waals surface area contributed by atoms with E-state index in [0.29, 0.717) is 11.3 Å². The molecule has 9 heteroatoms. The summed E-state index contributed by atoms with van der Waals surface area (Å²) in [6.45, 7) is 1.77. The monoisotopic (exact) mass is 398 g/mol. The minimum Gasteiger partial charge on any atom is -0.495 e. The summed E-state index contributed by atoms with van der Waals surface area (Å²) in [6, 6.07) is 10.6. The molecule has 2 aromatic heterocycles. The summed E-state index contributed by atoms with van der Waals surface area (Å²) in [5.74, 6) is -0.260. The van der Waals surface area contributed by atoms with Gasteiger partial charge in [0.1, 0.15) is 23.2 Å². The Morgan fingerprint density at radius 2 is 1.93 bits per heavy atom. The number of halogens is 1. The van der Waals surface area contributed by atoms with Crippen molar-refractivity contribution in [2.75, 3.05) is 11.8 Å². The average molecular weight is 398 g/mol. The zero-order chi connectivity index (χ0) is 20.3. The topological polar surface area (TPSA) is 105 Å². The lowest BCUT2D eigenvalue weighted by Gasteiger charge is -2.11. The Morgan fingerprint density at radius 1 is 1.14 bits per heavy atom. The van der Waals surface area contributed by atoms with Crippen molar-refractivity contribution in [1.82, 2.24) is 9.97 Å². The van der Waals surface area contributed by atoms with Gasteiger partial charge in [-0.25, -0.2) is 9.37 Å². The fourth-order valence-corrected chi connectivity index (χ4v) is 3.49. The molecular weight excluding hydrogens is 383 g/mol. The van der Waals surface area contributed by atoms with Gasteiger partial charge in [-0.15, -0.1) is 0 Å². The fourth-order valence-electron chi connectivity index (χ4n) is 2.51. The molecule has 3 rings (SSSR count). The molecule has 0 atom stereocenters. The highest BCUT2D eigenvalue weighted by atomic mass is 32.2. The summed E-state index contributed by atoms with van der Waals surface area (Å²) in [5.41, 5.74) is 1.64. The summed E-state index contributed by atoms with van der Waals surface area (Å²) >= 11 is 0. The quantitative estimate of drug-likeness (QED) is 0.707. The first-order chi connectivity index (χ1) is 13.3. The number of hydrogen-bond acceptors (Lipinski definition) is 6.